The third-order valence-corrected chi connectivity index (χ3v) is 4.69. The number of hydrogen-bond donors (Lipinski definition) is 0. The molecule has 0 N–H and O–H groups in total. The molecule has 1 aliphatic rings. The van der Waals surface area contributed by atoms with Crippen LogP contribution in [0.2, 0.25) is 0 Å². The number of fused-ring (bicyclic) bond motifs is 1. The van der Waals surface area contributed by atoms with Gasteiger partial charge >= 0.3 is 0 Å². The summed E-state index contributed by atoms with van der Waals surface area (Å²) in [6.07, 6.45) is 0.428. The Kier molecular flexibility index (Phi) is 3.73. The second-order valence-corrected chi connectivity index (χ2v) is 6.73. The lowest BCUT2D eigenvalue weighted by molar-refractivity contribution is -0.117. The van der Waals surface area contributed by atoms with Crippen molar-refractivity contribution in [1.82, 2.24) is 4.98 Å². The molecule has 2 aromatic carbocycles. The molecule has 1 aromatic heterocycles. The maximum absolute atomic E-state index is 12.4. The number of carbonyl (C=O) groups excluding carboxylic acids is 1. The van der Waals surface area contributed by atoms with E-state index >= 15 is 0 Å². The molecule has 4 rings (SSSR count). The molecule has 2 heterocycles. The fourth-order valence-electron chi connectivity index (χ4n) is 2.95. The predicted octanol–water partition coefficient (Wildman–Crippen LogP) is 4.50. The van der Waals surface area contributed by atoms with Crippen LogP contribution in [0, 0.1) is 6.92 Å². The lowest BCUT2D eigenvalue weighted by Gasteiger charge is -2.16. The summed E-state index contributed by atoms with van der Waals surface area (Å²) < 4.78 is 6.78. The van der Waals surface area contributed by atoms with Gasteiger partial charge in [-0.1, -0.05) is 34.1 Å². The van der Waals surface area contributed by atoms with Crippen LogP contribution in [0.1, 0.15) is 17.0 Å². The minimum absolute atomic E-state index is 0.0896. The van der Waals surface area contributed by atoms with Crippen molar-refractivity contribution in [1.29, 1.82) is 0 Å². The van der Waals surface area contributed by atoms with Crippen molar-refractivity contribution in [2.75, 3.05) is 4.90 Å². The highest BCUT2D eigenvalue weighted by Crippen LogP contribution is 2.33. The molecule has 0 aliphatic carbocycles. The number of rotatable bonds is 3. The van der Waals surface area contributed by atoms with Crippen molar-refractivity contribution in [2.24, 2.45) is 0 Å². The van der Waals surface area contributed by atoms with Crippen molar-refractivity contribution in [3.63, 3.8) is 0 Å². The van der Waals surface area contributed by atoms with Gasteiger partial charge in [0.1, 0.15) is 11.5 Å². The molecule has 0 spiro atoms. The number of oxazole rings is 1. The Morgan fingerprint density at radius 2 is 2.00 bits per heavy atom. The van der Waals surface area contributed by atoms with Crippen LogP contribution in [0.25, 0.3) is 11.5 Å². The molecular weight excluding hydrogens is 368 g/mol. The standard InChI is InChI=1S/C19H15BrN2O2/c1-12-16(21-19(24-12)13-5-3-2-4-6-13)11-22-17-8-7-15(20)9-14(17)10-18(22)23/h2-9H,10-11H2,1H3. The number of aryl methyl sites for hydroxylation is 1. The molecule has 120 valence electrons. The fourth-order valence-corrected chi connectivity index (χ4v) is 3.36. The van der Waals surface area contributed by atoms with Crippen LogP contribution in [-0.2, 0) is 17.8 Å². The number of hydrogen-bond acceptors (Lipinski definition) is 3. The number of anilines is 1. The van der Waals surface area contributed by atoms with Crippen LogP contribution in [0.3, 0.4) is 0 Å². The van der Waals surface area contributed by atoms with Crippen molar-refractivity contribution in [2.45, 2.75) is 19.9 Å². The lowest BCUT2D eigenvalue weighted by Crippen LogP contribution is -2.26. The molecule has 0 atom stereocenters. The Bertz CT molecular complexity index is 918. The first-order valence-corrected chi connectivity index (χ1v) is 8.51. The van der Waals surface area contributed by atoms with E-state index in [1.54, 1.807) is 4.90 Å². The second-order valence-electron chi connectivity index (χ2n) is 5.82. The summed E-state index contributed by atoms with van der Waals surface area (Å²) in [6.45, 7) is 2.31. The number of aromatic nitrogens is 1. The fraction of sp³-hybridized carbons (Fsp3) is 0.158. The highest BCUT2D eigenvalue weighted by molar-refractivity contribution is 9.10. The number of amides is 1. The highest BCUT2D eigenvalue weighted by Gasteiger charge is 2.28. The van der Waals surface area contributed by atoms with E-state index in [0.717, 1.165) is 32.7 Å². The normalized spacial score (nSPS) is 13.4. The monoisotopic (exact) mass is 382 g/mol. The zero-order chi connectivity index (χ0) is 16.7. The van der Waals surface area contributed by atoms with E-state index in [-0.39, 0.29) is 5.91 Å². The average molecular weight is 383 g/mol. The molecule has 3 aromatic rings. The van der Waals surface area contributed by atoms with Crippen molar-refractivity contribution in [3.8, 4) is 11.5 Å². The zero-order valence-electron chi connectivity index (χ0n) is 13.1. The molecule has 0 unspecified atom stereocenters. The third-order valence-electron chi connectivity index (χ3n) is 4.20. The van der Waals surface area contributed by atoms with E-state index < -0.39 is 0 Å². The Hall–Kier alpha value is -2.40. The van der Waals surface area contributed by atoms with Crippen molar-refractivity contribution in [3.05, 3.63) is 70.0 Å². The zero-order valence-corrected chi connectivity index (χ0v) is 14.7. The first kappa shape index (κ1) is 15.1. The maximum Gasteiger partial charge on any atom is 0.231 e. The van der Waals surface area contributed by atoms with Gasteiger partial charge in [-0.2, -0.15) is 0 Å². The molecule has 5 heteroatoms. The molecule has 1 aliphatic heterocycles. The Balaban J connectivity index is 1.65. The molecule has 0 saturated carbocycles. The van der Waals surface area contributed by atoms with Gasteiger partial charge in [-0.3, -0.25) is 4.79 Å². The summed E-state index contributed by atoms with van der Waals surface area (Å²) in [7, 11) is 0. The largest absolute Gasteiger partial charge is 0.441 e. The van der Waals surface area contributed by atoms with E-state index in [2.05, 4.69) is 20.9 Å². The van der Waals surface area contributed by atoms with Gasteiger partial charge in [-0.25, -0.2) is 4.98 Å². The van der Waals surface area contributed by atoms with Crippen LogP contribution in [0.4, 0.5) is 5.69 Å². The van der Waals surface area contributed by atoms with Crippen molar-refractivity contribution < 1.29 is 9.21 Å². The van der Waals surface area contributed by atoms with E-state index in [1.807, 2.05) is 55.5 Å². The highest BCUT2D eigenvalue weighted by atomic mass is 79.9. The molecule has 0 bridgehead atoms. The molecule has 4 nitrogen and oxygen atoms in total. The summed E-state index contributed by atoms with van der Waals surface area (Å²) >= 11 is 3.46. The number of carbonyl (C=O) groups is 1. The van der Waals surface area contributed by atoms with Crippen molar-refractivity contribution >= 4 is 27.5 Å². The number of benzene rings is 2. The lowest BCUT2D eigenvalue weighted by atomic mass is 10.2. The minimum Gasteiger partial charge on any atom is -0.441 e. The van der Waals surface area contributed by atoms with Gasteiger partial charge in [0.2, 0.25) is 11.8 Å². The van der Waals surface area contributed by atoms with Crippen LogP contribution in [0.5, 0.6) is 0 Å². The van der Waals surface area contributed by atoms with E-state index in [1.165, 1.54) is 0 Å². The van der Waals surface area contributed by atoms with Gasteiger partial charge in [-0.05, 0) is 42.8 Å². The Labute approximate surface area is 148 Å². The smallest absolute Gasteiger partial charge is 0.231 e. The summed E-state index contributed by atoms with van der Waals surface area (Å²) in [5, 5.41) is 0. The quantitative estimate of drug-likeness (QED) is 0.669. The molecule has 1 amide bonds. The van der Waals surface area contributed by atoms with Gasteiger partial charge in [0.25, 0.3) is 0 Å². The topological polar surface area (TPSA) is 46.3 Å². The molecule has 0 radical (unpaired) electrons. The third kappa shape index (κ3) is 2.65. The molecule has 0 fully saturated rings. The predicted molar refractivity (Wildman–Crippen MR) is 95.7 cm³/mol. The number of nitrogens with zero attached hydrogens (tertiary/aromatic N) is 2. The summed E-state index contributed by atoms with van der Waals surface area (Å²) in [4.78, 5) is 18.8. The SMILES string of the molecule is Cc1oc(-c2ccccc2)nc1CN1C(=O)Cc2cc(Br)ccc21. The average Bonchev–Trinajstić information content (AvgIpc) is 3.09. The first-order chi connectivity index (χ1) is 11.6. The van der Waals surface area contributed by atoms with Crippen LogP contribution in [0.15, 0.2) is 57.4 Å². The van der Waals surface area contributed by atoms with Gasteiger partial charge in [0, 0.05) is 15.7 Å². The molecular formula is C19H15BrN2O2. The second kappa shape index (κ2) is 5.91. The van der Waals surface area contributed by atoms with Crippen LogP contribution >= 0.6 is 15.9 Å². The summed E-state index contributed by atoms with van der Waals surface area (Å²) in [6, 6.07) is 15.7. The maximum atomic E-state index is 12.4. The van der Waals surface area contributed by atoms with E-state index in [0.29, 0.717) is 18.9 Å². The van der Waals surface area contributed by atoms with Crippen LogP contribution < -0.4 is 4.90 Å². The van der Waals surface area contributed by atoms with E-state index in [9.17, 15) is 4.79 Å². The molecule has 24 heavy (non-hydrogen) atoms. The summed E-state index contributed by atoms with van der Waals surface area (Å²) in [5.41, 5.74) is 3.72. The Morgan fingerprint density at radius 1 is 1.21 bits per heavy atom. The van der Waals surface area contributed by atoms with E-state index in [4.69, 9.17) is 4.42 Å². The molecule has 0 saturated heterocycles. The van der Waals surface area contributed by atoms with Gasteiger partial charge in [0.15, 0.2) is 0 Å². The minimum atomic E-state index is 0.0896. The van der Waals surface area contributed by atoms with Gasteiger partial charge in [-0.15, -0.1) is 0 Å². The number of halogens is 1. The van der Waals surface area contributed by atoms with Crippen LogP contribution in [-0.4, -0.2) is 10.9 Å². The Morgan fingerprint density at radius 3 is 2.79 bits per heavy atom. The summed E-state index contributed by atoms with van der Waals surface area (Å²) in [5.74, 6) is 1.42. The van der Waals surface area contributed by atoms with Gasteiger partial charge in [0.05, 0.1) is 13.0 Å². The van der Waals surface area contributed by atoms with Gasteiger partial charge < -0.3 is 9.32 Å². The first-order valence-electron chi connectivity index (χ1n) is 7.72.